The van der Waals surface area contributed by atoms with Crippen molar-refractivity contribution in [3.05, 3.63) is 41.5 Å². The highest BCUT2D eigenvalue weighted by atomic mass is 16.5. The molecule has 1 atom stereocenters. The highest BCUT2D eigenvalue weighted by Crippen LogP contribution is 2.39. The summed E-state index contributed by atoms with van der Waals surface area (Å²) in [6.45, 7) is 11.2. The molecule has 0 aliphatic heterocycles. The predicted molar refractivity (Wildman–Crippen MR) is 136 cm³/mol. The summed E-state index contributed by atoms with van der Waals surface area (Å²) in [5, 5.41) is 2.46. The van der Waals surface area contributed by atoms with Crippen molar-refractivity contribution in [2.45, 2.75) is 85.7 Å². The van der Waals surface area contributed by atoms with Gasteiger partial charge in [-0.2, -0.15) is 0 Å². The summed E-state index contributed by atoms with van der Waals surface area (Å²) in [6.07, 6.45) is 7.10. The van der Waals surface area contributed by atoms with E-state index in [1.807, 2.05) is 6.92 Å². The number of benzene rings is 2. The van der Waals surface area contributed by atoms with Crippen LogP contribution in [0.15, 0.2) is 30.3 Å². The Balaban J connectivity index is 1.63. The van der Waals surface area contributed by atoms with E-state index in [9.17, 15) is 4.79 Å². The number of carbonyl (C=O) groups is 1. The SMILES string of the molecule is CCC(CC#CCc1ccc2cc(O[C@H]3CC[C@H](C(C)(C)C)CC3)cc(C)c2c1)C(=O)OC. The molecular weight excluding hydrogens is 408 g/mol. The number of ether oxygens (including phenoxy) is 2. The maximum Gasteiger partial charge on any atom is 0.309 e. The average Bonchev–Trinajstić information content (AvgIpc) is 2.78. The molecule has 3 rings (SSSR count). The number of carbonyl (C=O) groups excluding carboxylic acids is 1. The third kappa shape index (κ3) is 6.76. The first-order valence-electron chi connectivity index (χ1n) is 12.4. The Labute approximate surface area is 200 Å². The monoisotopic (exact) mass is 448 g/mol. The molecule has 0 saturated heterocycles. The van der Waals surface area contributed by atoms with Gasteiger partial charge in [-0.15, -0.1) is 5.92 Å². The van der Waals surface area contributed by atoms with Crippen LogP contribution in [-0.4, -0.2) is 19.2 Å². The van der Waals surface area contributed by atoms with Gasteiger partial charge in [-0.1, -0.05) is 45.7 Å². The lowest BCUT2D eigenvalue weighted by Crippen LogP contribution is -2.30. The molecule has 178 valence electrons. The molecule has 0 heterocycles. The predicted octanol–water partition coefficient (Wildman–Crippen LogP) is 7.27. The number of hydrogen-bond donors (Lipinski definition) is 0. The molecule has 0 amide bonds. The number of hydrogen-bond acceptors (Lipinski definition) is 3. The standard InChI is InChI=1S/C30H40O3/c1-7-23(29(31)32-6)11-9-8-10-22-12-13-24-20-27(18-21(2)28(24)19-22)33-26-16-14-25(15-17-26)30(3,4)5/h12-13,18-20,23,25-26H,7,10-11,14-17H2,1-6H3/t23?,25-,26-. The Morgan fingerprint density at radius 2 is 1.82 bits per heavy atom. The highest BCUT2D eigenvalue weighted by Gasteiger charge is 2.30. The Bertz CT molecular complexity index is 1010. The summed E-state index contributed by atoms with van der Waals surface area (Å²) >= 11 is 0. The van der Waals surface area contributed by atoms with Crippen molar-refractivity contribution < 1.29 is 14.3 Å². The quantitative estimate of drug-likeness (QED) is 0.344. The van der Waals surface area contributed by atoms with E-state index >= 15 is 0 Å². The number of esters is 1. The second-order valence-electron chi connectivity index (χ2n) is 10.6. The first-order chi connectivity index (χ1) is 15.7. The lowest BCUT2D eigenvalue weighted by molar-refractivity contribution is -0.145. The summed E-state index contributed by atoms with van der Waals surface area (Å²) in [7, 11) is 1.43. The normalized spacial score (nSPS) is 19.5. The number of aryl methyl sites for hydroxylation is 1. The van der Waals surface area contributed by atoms with Gasteiger partial charge in [0.2, 0.25) is 0 Å². The zero-order valence-electron chi connectivity index (χ0n) is 21.3. The van der Waals surface area contributed by atoms with Crippen LogP contribution < -0.4 is 4.74 Å². The number of methoxy groups -OCH3 is 1. The van der Waals surface area contributed by atoms with Crippen LogP contribution >= 0.6 is 0 Å². The second-order valence-corrected chi connectivity index (χ2v) is 10.6. The maximum absolute atomic E-state index is 11.7. The van der Waals surface area contributed by atoms with E-state index in [-0.39, 0.29) is 11.9 Å². The van der Waals surface area contributed by atoms with Crippen LogP contribution in [0.4, 0.5) is 0 Å². The van der Waals surface area contributed by atoms with Crippen molar-refractivity contribution in [3.63, 3.8) is 0 Å². The molecule has 0 aromatic heterocycles. The summed E-state index contributed by atoms with van der Waals surface area (Å²) in [5.74, 6) is 7.86. The Hall–Kier alpha value is -2.47. The zero-order valence-corrected chi connectivity index (χ0v) is 21.3. The first kappa shape index (κ1) is 25.2. The van der Waals surface area contributed by atoms with E-state index in [2.05, 4.69) is 69.9 Å². The number of rotatable bonds is 6. The van der Waals surface area contributed by atoms with Gasteiger partial charge in [0.15, 0.2) is 0 Å². The fourth-order valence-corrected chi connectivity index (χ4v) is 4.89. The van der Waals surface area contributed by atoms with Crippen molar-refractivity contribution in [3.8, 4) is 17.6 Å². The molecule has 2 aromatic rings. The van der Waals surface area contributed by atoms with Gasteiger partial charge < -0.3 is 9.47 Å². The highest BCUT2D eigenvalue weighted by molar-refractivity contribution is 5.87. The maximum atomic E-state index is 11.7. The summed E-state index contributed by atoms with van der Waals surface area (Å²) in [4.78, 5) is 11.7. The van der Waals surface area contributed by atoms with E-state index in [1.165, 1.54) is 41.9 Å². The van der Waals surface area contributed by atoms with E-state index in [0.29, 0.717) is 24.4 Å². The summed E-state index contributed by atoms with van der Waals surface area (Å²) < 4.78 is 11.3. The van der Waals surface area contributed by atoms with Gasteiger partial charge in [-0.25, -0.2) is 0 Å². The van der Waals surface area contributed by atoms with Gasteiger partial charge in [0.1, 0.15) is 5.75 Å². The Morgan fingerprint density at radius 3 is 2.45 bits per heavy atom. The van der Waals surface area contributed by atoms with Crippen LogP contribution in [-0.2, 0) is 16.0 Å². The third-order valence-corrected chi connectivity index (χ3v) is 7.19. The topological polar surface area (TPSA) is 35.5 Å². The van der Waals surface area contributed by atoms with E-state index in [4.69, 9.17) is 9.47 Å². The Morgan fingerprint density at radius 1 is 1.09 bits per heavy atom. The van der Waals surface area contributed by atoms with Crippen LogP contribution in [0.5, 0.6) is 5.75 Å². The molecule has 1 unspecified atom stereocenters. The average molecular weight is 449 g/mol. The van der Waals surface area contributed by atoms with Crippen LogP contribution in [0.3, 0.4) is 0 Å². The molecule has 1 fully saturated rings. The smallest absolute Gasteiger partial charge is 0.309 e. The molecule has 2 aromatic carbocycles. The molecule has 0 bridgehead atoms. The lowest BCUT2D eigenvalue weighted by atomic mass is 9.72. The van der Waals surface area contributed by atoms with Crippen molar-refractivity contribution in [1.29, 1.82) is 0 Å². The van der Waals surface area contributed by atoms with Gasteiger partial charge in [0.25, 0.3) is 0 Å². The molecule has 1 aliphatic carbocycles. The van der Waals surface area contributed by atoms with Crippen LogP contribution in [0.2, 0.25) is 0 Å². The molecule has 33 heavy (non-hydrogen) atoms. The molecule has 0 radical (unpaired) electrons. The third-order valence-electron chi connectivity index (χ3n) is 7.19. The lowest BCUT2D eigenvalue weighted by Gasteiger charge is -2.37. The van der Waals surface area contributed by atoms with Crippen molar-refractivity contribution in [1.82, 2.24) is 0 Å². The van der Waals surface area contributed by atoms with Gasteiger partial charge >= 0.3 is 5.97 Å². The zero-order chi connectivity index (χ0) is 24.0. The minimum atomic E-state index is -0.173. The van der Waals surface area contributed by atoms with E-state index in [1.54, 1.807) is 0 Å². The first-order valence-corrected chi connectivity index (χ1v) is 12.4. The van der Waals surface area contributed by atoms with E-state index < -0.39 is 0 Å². The minimum Gasteiger partial charge on any atom is -0.490 e. The van der Waals surface area contributed by atoms with Gasteiger partial charge in [0, 0.05) is 12.8 Å². The Kier molecular flexibility index (Phi) is 8.46. The van der Waals surface area contributed by atoms with E-state index in [0.717, 1.165) is 30.9 Å². The van der Waals surface area contributed by atoms with Crippen molar-refractivity contribution in [2.75, 3.05) is 7.11 Å². The molecular formula is C30H40O3. The molecule has 3 heteroatoms. The fraction of sp³-hybridized carbons (Fsp3) is 0.567. The summed E-state index contributed by atoms with van der Waals surface area (Å²) in [6, 6.07) is 10.9. The number of fused-ring (bicyclic) bond motifs is 1. The second kappa shape index (κ2) is 11.1. The van der Waals surface area contributed by atoms with Crippen LogP contribution in [0, 0.1) is 36.0 Å². The van der Waals surface area contributed by atoms with Gasteiger partial charge in [0.05, 0.1) is 19.1 Å². The van der Waals surface area contributed by atoms with Crippen molar-refractivity contribution >= 4 is 16.7 Å². The molecule has 3 nitrogen and oxygen atoms in total. The van der Waals surface area contributed by atoms with Gasteiger partial charge in [-0.3, -0.25) is 4.79 Å². The van der Waals surface area contributed by atoms with Gasteiger partial charge in [-0.05, 0) is 90.5 Å². The van der Waals surface area contributed by atoms with Crippen LogP contribution in [0.1, 0.15) is 77.3 Å². The fourth-order valence-electron chi connectivity index (χ4n) is 4.89. The molecule has 0 spiro atoms. The minimum absolute atomic E-state index is 0.136. The van der Waals surface area contributed by atoms with Crippen LogP contribution in [0.25, 0.3) is 10.8 Å². The molecule has 0 N–H and O–H groups in total. The molecule has 1 aliphatic rings. The largest absolute Gasteiger partial charge is 0.490 e. The van der Waals surface area contributed by atoms with Crippen molar-refractivity contribution in [2.24, 2.45) is 17.3 Å². The molecule has 1 saturated carbocycles. The summed E-state index contributed by atoms with van der Waals surface area (Å²) in [5.41, 5.74) is 2.82.